The van der Waals surface area contributed by atoms with Gasteiger partial charge in [0.2, 0.25) is 0 Å². The molecule has 0 aliphatic carbocycles. The molecule has 6 heteroatoms. The molecule has 3 nitrogen and oxygen atoms in total. The molecule has 0 aliphatic rings. The highest BCUT2D eigenvalue weighted by atomic mass is 19.4. The minimum absolute atomic E-state index is 0.0848. The van der Waals surface area contributed by atoms with Crippen LogP contribution in [0.25, 0.3) is 0 Å². The van der Waals surface area contributed by atoms with Crippen molar-refractivity contribution in [3.8, 4) is 5.75 Å². The van der Waals surface area contributed by atoms with E-state index >= 15 is 0 Å². The highest BCUT2D eigenvalue weighted by molar-refractivity contribution is 5.72. The van der Waals surface area contributed by atoms with Gasteiger partial charge in [0.1, 0.15) is 5.75 Å². The zero-order chi connectivity index (χ0) is 13.8. The molecule has 1 aromatic carbocycles. The smallest absolute Gasteiger partial charge is 0.469 e. The van der Waals surface area contributed by atoms with Gasteiger partial charge in [0, 0.05) is 0 Å². The number of esters is 1. The fourth-order valence-electron chi connectivity index (χ4n) is 1.47. The van der Waals surface area contributed by atoms with E-state index in [9.17, 15) is 18.0 Å². The predicted molar refractivity (Wildman–Crippen MR) is 58.2 cm³/mol. The van der Waals surface area contributed by atoms with Crippen LogP contribution < -0.4 is 4.74 Å². The molecule has 0 atom stereocenters. The Labute approximate surface area is 103 Å². The highest BCUT2D eigenvalue weighted by Crippen LogP contribution is 2.25. The first-order valence-corrected chi connectivity index (χ1v) is 5.29. The lowest BCUT2D eigenvalue weighted by atomic mass is 10.1. The number of halogens is 3. The van der Waals surface area contributed by atoms with Gasteiger partial charge in [0.15, 0.2) is 0 Å². The first kappa shape index (κ1) is 14.3. The topological polar surface area (TPSA) is 35.5 Å². The molecule has 0 N–H and O–H groups in total. The largest absolute Gasteiger partial charge is 0.573 e. The maximum absolute atomic E-state index is 12.1. The van der Waals surface area contributed by atoms with E-state index in [0.29, 0.717) is 17.5 Å². The van der Waals surface area contributed by atoms with Crippen molar-refractivity contribution in [3.63, 3.8) is 0 Å². The molecular formula is C12H13F3O3. The fourth-order valence-corrected chi connectivity index (χ4v) is 1.47. The summed E-state index contributed by atoms with van der Waals surface area (Å²) in [5.41, 5.74) is 1.09. The summed E-state index contributed by atoms with van der Waals surface area (Å²) in [5.74, 6) is -0.832. The molecule has 1 rings (SSSR count). The van der Waals surface area contributed by atoms with Crippen molar-refractivity contribution in [3.05, 3.63) is 29.3 Å². The molecule has 0 fully saturated rings. The van der Waals surface area contributed by atoms with Crippen LogP contribution in [0.4, 0.5) is 13.2 Å². The zero-order valence-electron chi connectivity index (χ0n) is 10.0. The van der Waals surface area contributed by atoms with Crippen molar-refractivity contribution in [2.24, 2.45) is 0 Å². The molecule has 100 valence electrons. The highest BCUT2D eigenvalue weighted by Gasteiger charge is 2.31. The number of rotatable bonds is 4. The van der Waals surface area contributed by atoms with Crippen LogP contribution >= 0.6 is 0 Å². The van der Waals surface area contributed by atoms with Gasteiger partial charge in [-0.3, -0.25) is 4.79 Å². The van der Waals surface area contributed by atoms with Crippen molar-refractivity contribution >= 4 is 5.97 Å². The van der Waals surface area contributed by atoms with Crippen molar-refractivity contribution in [2.45, 2.75) is 26.1 Å². The minimum Gasteiger partial charge on any atom is -0.469 e. The number of alkyl halides is 3. The zero-order valence-corrected chi connectivity index (χ0v) is 10.0. The Kier molecular flexibility index (Phi) is 4.58. The Balaban J connectivity index is 2.98. The monoisotopic (exact) mass is 262 g/mol. The van der Waals surface area contributed by atoms with Crippen LogP contribution in [0.3, 0.4) is 0 Å². The Morgan fingerprint density at radius 2 is 1.83 bits per heavy atom. The van der Waals surface area contributed by atoms with Crippen molar-refractivity contribution in [1.29, 1.82) is 0 Å². The SMILES string of the molecule is CCc1cc(CC(=O)OC)cc(OC(F)(F)F)c1. The van der Waals surface area contributed by atoms with E-state index in [1.165, 1.54) is 19.2 Å². The molecule has 0 amide bonds. The van der Waals surface area contributed by atoms with Crippen molar-refractivity contribution in [2.75, 3.05) is 7.11 Å². The molecule has 0 bridgehead atoms. The summed E-state index contributed by atoms with van der Waals surface area (Å²) < 4.78 is 44.7. The number of aryl methyl sites for hydroxylation is 1. The standard InChI is InChI=1S/C12H13F3O3/c1-3-8-4-9(7-11(16)17-2)6-10(5-8)18-12(13,14)15/h4-6H,3,7H2,1-2H3. The molecule has 0 unspecified atom stereocenters. The maximum Gasteiger partial charge on any atom is 0.573 e. The van der Waals surface area contributed by atoms with Gasteiger partial charge < -0.3 is 9.47 Å². The van der Waals surface area contributed by atoms with E-state index in [1.807, 2.05) is 0 Å². The first-order valence-electron chi connectivity index (χ1n) is 5.29. The van der Waals surface area contributed by atoms with Crippen LogP contribution in [0.1, 0.15) is 18.1 Å². The first-order chi connectivity index (χ1) is 8.34. The Bertz CT molecular complexity index is 427. The van der Waals surface area contributed by atoms with E-state index in [4.69, 9.17) is 0 Å². The van der Waals surface area contributed by atoms with Crippen LogP contribution in [-0.4, -0.2) is 19.4 Å². The fraction of sp³-hybridized carbons (Fsp3) is 0.417. The van der Waals surface area contributed by atoms with E-state index in [2.05, 4.69) is 9.47 Å². The van der Waals surface area contributed by atoms with E-state index < -0.39 is 12.3 Å². The molecule has 0 radical (unpaired) electrons. The summed E-state index contributed by atoms with van der Waals surface area (Å²) in [4.78, 5) is 11.1. The van der Waals surface area contributed by atoms with Gasteiger partial charge in [0.05, 0.1) is 13.5 Å². The molecule has 0 heterocycles. The molecule has 0 aliphatic heterocycles. The number of ether oxygens (including phenoxy) is 2. The van der Waals surface area contributed by atoms with E-state index in [1.54, 1.807) is 13.0 Å². The third-order valence-electron chi connectivity index (χ3n) is 2.24. The third-order valence-corrected chi connectivity index (χ3v) is 2.24. The lowest BCUT2D eigenvalue weighted by molar-refractivity contribution is -0.274. The van der Waals surface area contributed by atoms with Gasteiger partial charge in [-0.15, -0.1) is 13.2 Å². The maximum atomic E-state index is 12.1. The summed E-state index contributed by atoms with van der Waals surface area (Å²) in [6.45, 7) is 1.80. The van der Waals surface area contributed by atoms with Gasteiger partial charge in [-0.05, 0) is 29.7 Å². The summed E-state index contributed by atoms with van der Waals surface area (Å²) in [5, 5.41) is 0. The lowest BCUT2D eigenvalue weighted by Gasteiger charge is -2.11. The van der Waals surface area contributed by atoms with Gasteiger partial charge in [-0.1, -0.05) is 13.0 Å². The summed E-state index contributed by atoms with van der Waals surface area (Å²) in [7, 11) is 1.22. The predicted octanol–water partition coefficient (Wildman–Crippen LogP) is 2.86. The van der Waals surface area contributed by atoms with Gasteiger partial charge >= 0.3 is 12.3 Å². The van der Waals surface area contributed by atoms with E-state index in [-0.39, 0.29) is 12.2 Å². The molecule has 0 saturated heterocycles. The molecule has 1 aromatic rings. The number of benzene rings is 1. The minimum atomic E-state index is -4.74. The lowest BCUT2D eigenvalue weighted by Crippen LogP contribution is -2.17. The molecule has 18 heavy (non-hydrogen) atoms. The molecule has 0 aromatic heterocycles. The quantitative estimate of drug-likeness (QED) is 0.783. The molecule has 0 saturated carbocycles. The third kappa shape index (κ3) is 4.65. The number of hydrogen-bond donors (Lipinski definition) is 0. The van der Waals surface area contributed by atoms with Crippen LogP contribution in [0.5, 0.6) is 5.75 Å². The van der Waals surface area contributed by atoms with Gasteiger partial charge in [-0.2, -0.15) is 0 Å². The van der Waals surface area contributed by atoms with Crippen LogP contribution in [0.2, 0.25) is 0 Å². The van der Waals surface area contributed by atoms with Crippen LogP contribution in [0.15, 0.2) is 18.2 Å². The average Bonchev–Trinajstić information content (AvgIpc) is 2.26. The summed E-state index contributed by atoms with van der Waals surface area (Å²) in [6, 6.07) is 4.14. The molecular weight excluding hydrogens is 249 g/mol. The second-order valence-electron chi connectivity index (χ2n) is 3.64. The van der Waals surface area contributed by atoms with Crippen LogP contribution in [-0.2, 0) is 22.4 Å². The summed E-state index contributed by atoms with van der Waals surface area (Å²) >= 11 is 0. The number of carbonyl (C=O) groups is 1. The second-order valence-corrected chi connectivity index (χ2v) is 3.64. The normalized spacial score (nSPS) is 11.2. The Morgan fingerprint density at radius 3 is 2.33 bits per heavy atom. The van der Waals surface area contributed by atoms with E-state index in [0.717, 1.165) is 0 Å². The Morgan fingerprint density at radius 1 is 1.22 bits per heavy atom. The Hall–Kier alpha value is -1.72. The second kappa shape index (κ2) is 5.75. The van der Waals surface area contributed by atoms with Crippen molar-refractivity contribution < 1.29 is 27.4 Å². The molecule has 0 spiro atoms. The number of methoxy groups -OCH3 is 1. The van der Waals surface area contributed by atoms with Crippen molar-refractivity contribution in [1.82, 2.24) is 0 Å². The van der Waals surface area contributed by atoms with Gasteiger partial charge in [-0.25, -0.2) is 0 Å². The summed E-state index contributed by atoms with van der Waals surface area (Å²) in [6.07, 6.45) is -4.28. The number of hydrogen-bond acceptors (Lipinski definition) is 3. The average molecular weight is 262 g/mol. The van der Waals surface area contributed by atoms with Gasteiger partial charge in [0.25, 0.3) is 0 Å². The number of carbonyl (C=O) groups excluding carboxylic acids is 1. The van der Waals surface area contributed by atoms with Crippen LogP contribution in [0, 0.1) is 0 Å².